The van der Waals surface area contributed by atoms with Crippen molar-refractivity contribution in [2.45, 2.75) is 12.3 Å². The van der Waals surface area contributed by atoms with E-state index in [1.54, 1.807) is 6.07 Å². The predicted octanol–water partition coefficient (Wildman–Crippen LogP) is 1.01. The van der Waals surface area contributed by atoms with Gasteiger partial charge in [-0.25, -0.2) is 4.39 Å². The van der Waals surface area contributed by atoms with Gasteiger partial charge in [-0.1, -0.05) is 6.07 Å². The van der Waals surface area contributed by atoms with Gasteiger partial charge in [0.1, 0.15) is 5.82 Å². The summed E-state index contributed by atoms with van der Waals surface area (Å²) < 4.78 is 13.1. The number of hydrogen-bond donors (Lipinski definition) is 2. The zero-order chi connectivity index (χ0) is 10.1. The molecule has 1 heterocycles. The van der Waals surface area contributed by atoms with Crippen molar-refractivity contribution < 1.29 is 9.18 Å². The summed E-state index contributed by atoms with van der Waals surface area (Å²) in [5.41, 5.74) is 6.33. The van der Waals surface area contributed by atoms with Crippen molar-refractivity contribution in [3.63, 3.8) is 0 Å². The van der Waals surface area contributed by atoms with Crippen LogP contribution in [0.15, 0.2) is 18.2 Å². The molecule has 0 aromatic heterocycles. The monoisotopic (exact) mass is 194 g/mol. The van der Waals surface area contributed by atoms with Crippen molar-refractivity contribution >= 4 is 11.6 Å². The first-order valence-electron chi connectivity index (χ1n) is 4.48. The van der Waals surface area contributed by atoms with Gasteiger partial charge in [-0.3, -0.25) is 4.79 Å². The Hall–Kier alpha value is -1.58. The van der Waals surface area contributed by atoms with E-state index in [0.29, 0.717) is 13.0 Å². The Kier molecular flexibility index (Phi) is 2.11. The second-order valence-corrected chi connectivity index (χ2v) is 3.49. The van der Waals surface area contributed by atoms with Gasteiger partial charge in [-0.15, -0.1) is 0 Å². The summed E-state index contributed by atoms with van der Waals surface area (Å²) in [7, 11) is 0. The molecular weight excluding hydrogens is 183 g/mol. The van der Waals surface area contributed by atoms with Crippen LogP contribution in [-0.2, 0) is 4.79 Å². The number of nitrogens with two attached hydrogens (primary N) is 1. The fourth-order valence-electron chi connectivity index (χ4n) is 1.64. The highest BCUT2D eigenvalue weighted by molar-refractivity contribution is 5.79. The number of halogens is 1. The van der Waals surface area contributed by atoms with Gasteiger partial charge in [0, 0.05) is 18.9 Å². The van der Waals surface area contributed by atoms with E-state index in [0.717, 1.165) is 5.56 Å². The van der Waals surface area contributed by atoms with E-state index in [4.69, 9.17) is 5.73 Å². The highest BCUT2D eigenvalue weighted by Crippen LogP contribution is 2.25. The van der Waals surface area contributed by atoms with Crippen LogP contribution in [0.2, 0.25) is 0 Å². The van der Waals surface area contributed by atoms with Crippen LogP contribution < -0.4 is 11.1 Å². The zero-order valence-corrected chi connectivity index (χ0v) is 7.59. The summed E-state index contributed by atoms with van der Waals surface area (Å²) in [6, 6.07) is 4.71. The first kappa shape index (κ1) is 8.99. The van der Waals surface area contributed by atoms with Crippen LogP contribution in [0, 0.1) is 5.82 Å². The van der Waals surface area contributed by atoms with E-state index in [2.05, 4.69) is 5.32 Å². The van der Waals surface area contributed by atoms with E-state index in [1.807, 2.05) is 0 Å². The van der Waals surface area contributed by atoms with Crippen LogP contribution in [0.5, 0.6) is 0 Å². The molecule has 1 aliphatic rings. The van der Waals surface area contributed by atoms with Crippen molar-refractivity contribution in [1.82, 2.24) is 5.32 Å². The molecule has 14 heavy (non-hydrogen) atoms. The highest BCUT2D eigenvalue weighted by atomic mass is 19.1. The Balaban J connectivity index is 2.24. The molecule has 1 aromatic carbocycles. The summed E-state index contributed by atoms with van der Waals surface area (Å²) >= 11 is 0. The normalized spacial score (nSPS) is 20.9. The quantitative estimate of drug-likeness (QED) is 0.655. The van der Waals surface area contributed by atoms with Crippen LogP contribution in [0.25, 0.3) is 0 Å². The van der Waals surface area contributed by atoms with Gasteiger partial charge in [0.25, 0.3) is 0 Å². The molecule has 0 bridgehead atoms. The zero-order valence-electron chi connectivity index (χ0n) is 7.59. The predicted molar refractivity (Wildman–Crippen MR) is 51.2 cm³/mol. The Bertz CT molecular complexity index is 378. The van der Waals surface area contributed by atoms with Gasteiger partial charge in [-0.05, 0) is 17.7 Å². The fourth-order valence-corrected chi connectivity index (χ4v) is 1.64. The average Bonchev–Trinajstić information content (AvgIpc) is 2.57. The molecule has 1 aliphatic heterocycles. The maximum atomic E-state index is 13.1. The molecular formula is C10H11FN2O. The van der Waals surface area contributed by atoms with Gasteiger partial charge in [-0.2, -0.15) is 0 Å². The molecule has 1 atom stereocenters. The molecule has 1 aromatic rings. The number of hydrogen-bond acceptors (Lipinski definition) is 2. The third kappa shape index (κ3) is 1.55. The Morgan fingerprint density at radius 3 is 2.86 bits per heavy atom. The lowest BCUT2D eigenvalue weighted by atomic mass is 9.98. The van der Waals surface area contributed by atoms with Crippen LogP contribution in [0.3, 0.4) is 0 Å². The van der Waals surface area contributed by atoms with E-state index in [-0.39, 0.29) is 17.5 Å². The lowest BCUT2D eigenvalue weighted by Gasteiger charge is -2.08. The van der Waals surface area contributed by atoms with Crippen LogP contribution in [0.4, 0.5) is 10.1 Å². The summed E-state index contributed by atoms with van der Waals surface area (Å²) in [4.78, 5) is 10.9. The molecule has 0 saturated carbocycles. The second-order valence-electron chi connectivity index (χ2n) is 3.49. The van der Waals surface area contributed by atoms with Crippen molar-refractivity contribution in [3.05, 3.63) is 29.6 Å². The number of carbonyl (C=O) groups is 1. The minimum atomic E-state index is -0.415. The van der Waals surface area contributed by atoms with Crippen molar-refractivity contribution in [2.75, 3.05) is 12.3 Å². The third-order valence-corrected chi connectivity index (χ3v) is 2.47. The number of rotatable bonds is 1. The molecule has 4 heteroatoms. The minimum Gasteiger partial charge on any atom is -0.396 e. The van der Waals surface area contributed by atoms with Crippen molar-refractivity contribution in [2.24, 2.45) is 0 Å². The minimum absolute atomic E-state index is 0.0206. The Morgan fingerprint density at radius 1 is 1.50 bits per heavy atom. The van der Waals surface area contributed by atoms with E-state index >= 15 is 0 Å². The molecule has 0 spiro atoms. The summed E-state index contributed by atoms with van der Waals surface area (Å²) in [6.07, 6.45) is 0.434. The maximum absolute atomic E-state index is 13.1. The average molecular weight is 194 g/mol. The fraction of sp³-hybridized carbons (Fsp3) is 0.300. The van der Waals surface area contributed by atoms with Crippen molar-refractivity contribution in [1.29, 1.82) is 0 Å². The number of anilines is 1. The van der Waals surface area contributed by atoms with Crippen molar-refractivity contribution in [3.8, 4) is 0 Å². The van der Waals surface area contributed by atoms with Crippen LogP contribution in [0.1, 0.15) is 17.9 Å². The number of amides is 1. The third-order valence-electron chi connectivity index (χ3n) is 2.47. The van der Waals surface area contributed by atoms with E-state index in [1.165, 1.54) is 12.1 Å². The molecule has 0 radical (unpaired) electrons. The summed E-state index contributed by atoms with van der Waals surface area (Å²) in [5, 5.41) is 2.71. The van der Waals surface area contributed by atoms with E-state index in [9.17, 15) is 9.18 Å². The van der Waals surface area contributed by atoms with Crippen LogP contribution >= 0.6 is 0 Å². The summed E-state index contributed by atoms with van der Waals surface area (Å²) in [5.74, 6) is -0.313. The highest BCUT2D eigenvalue weighted by Gasteiger charge is 2.23. The first-order chi connectivity index (χ1) is 6.66. The molecule has 1 fully saturated rings. The Morgan fingerprint density at radius 2 is 2.29 bits per heavy atom. The van der Waals surface area contributed by atoms with Gasteiger partial charge in [0.15, 0.2) is 0 Å². The van der Waals surface area contributed by atoms with Gasteiger partial charge >= 0.3 is 0 Å². The van der Waals surface area contributed by atoms with Gasteiger partial charge in [0.2, 0.25) is 5.91 Å². The largest absolute Gasteiger partial charge is 0.396 e. The summed E-state index contributed by atoms with van der Waals surface area (Å²) in [6.45, 7) is 0.586. The number of nitrogens with one attached hydrogen (secondary N) is 1. The molecule has 0 aliphatic carbocycles. The maximum Gasteiger partial charge on any atom is 0.220 e. The molecule has 0 unspecified atom stereocenters. The second kappa shape index (κ2) is 3.29. The molecule has 3 N–H and O–H groups in total. The lowest BCUT2D eigenvalue weighted by molar-refractivity contribution is -0.119. The smallest absolute Gasteiger partial charge is 0.220 e. The molecule has 3 nitrogen and oxygen atoms in total. The first-order valence-corrected chi connectivity index (χ1v) is 4.48. The topological polar surface area (TPSA) is 55.1 Å². The Labute approximate surface area is 81.1 Å². The SMILES string of the molecule is Nc1ccc([C@H]2CNC(=O)C2)cc1F. The number of benzene rings is 1. The molecule has 74 valence electrons. The van der Waals surface area contributed by atoms with Crippen LogP contribution in [-0.4, -0.2) is 12.5 Å². The molecule has 2 rings (SSSR count). The number of carbonyl (C=O) groups excluding carboxylic acids is 1. The lowest BCUT2D eigenvalue weighted by Crippen LogP contribution is -2.13. The molecule has 1 saturated heterocycles. The standard InChI is InChI=1S/C10H11FN2O/c11-8-3-6(1-2-9(8)12)7-4-10(14)13-5-7/h1-3,7H,4-5,12H2,(H,13,14)/t7-/m1/s1. The molecule has 1 amide bonds. The van der Waals surface area contributed by atoms with Gasteiger partial charge in [0.05, 0.1) is 5.69 Å². The van der Waals surface area contributed by atoms with E-state index < -0.39 is 5.82 Å². The van der Waals surface area contributed by atoms with Gasteiger partial charge < -0.3 is 11.1 Å². The number of nitrogen functional groups attached to an aromatic ring is 1.